The van der Waals surface area contributed by atoms with Crippen LogP contribution in [0, 0.1) is 6.92 Å². The molecule has 3 heterocycles. The second-order valence-electron chi connectivity index (χ2n) is 8.93. The Kier molecular flexibility index (Phi) is 7.01. The number of hydrogen-bond donors (Lipinski definition) is 1. The molecule has 2 aliphatic rings. The minimum atomic E-state index is 0.152. The summed E-state index contributed by atoms with van der Waals surface area (Å²) in [7, 11) is 1.68. The number of morpholine rings is 1. The second kappa shape index (κ2) is 10.5. The third-order valence-corrected chi connectivity index (χ3v) is 6.40. The first kappa shape index (κ1) is 22.7. The summed E-state index contributed by atoms with van der Waals surface area (Å²) in [5, 5.41) is 3.58. The van der Waals surface area contributed by atoms with Crippen LogP contribution in [0.4, 0.5) is 11.5 Å². The molecule has 0 amide bonds. The van der Waals surface area contributed by atoms with Crippen molar-refractivity contribution in [3.63, 3.8) is 0 Å². The third kappa shape index (κ3) is 5.37. The molecule has 180 valence electrons. The highest BCUT2D eigenvalue weighted by molar-refractivity contribution is 5.85. The number of aryl methyl sites for hydroxylation is 1. The average molecular weight is 465 g/mol. The Balaban J connectivity index is 1.25. The molecule has 1 aromatic carbocycles. The van der Waals surface area contributed by atoms with E-state index in [9.17, 15) is 0 Å². The average Bonchev–Trinajstić information content (AvgIpc) is 2.85. The minimum Gasteiger partial charge on any atom is -0.488 e. The molecule has 0 bridgehead atoms. The molecule has 1 aliphatic carbocycles. The SMILES string of the molecule is COCc1cc(N[C@H]2CC[C@@H](Oc3cc(N4CCOCC4)cc4nccnc34)CC2)nc(C)n1. The highest BCUT2D eigenvalue weighted by Gasteiger charge is 2.24. The molecule has 0 spiro atoms. The van der Waals surface area contributed by atoms with E-state index in [0.717, 1.165) is 91.8 Å². The van der Waals surface area contributed by atoms with Crippen molar-refractivity contribution in [2.75, 3.05) is 43.6 Å². The van der Waals surface area contributed by atoms with Crippen molar-refractivity contribution in [2.24, 2.45) is 0 Å². The molecule has 2 fully saturated rings. The van der Waals surface area contributed by atoms with Crippen LogP contribution in [0.15, 0.2) is 30.6 Å². The molecule has 0 atom stereocenters. The number of aromatic nitrogens is 4. The maximum atomic E-state index is 6.54. The summed E-state index contributed by atoms with van der Waals surface area (Å²) in [5.41, 5.74) is 3.69. The molecule has 2 aromatic heterocycles. The Morgan fingerprint density at radius 3 is 2.62 bits per heavy atom. The van der Waals surface area contributed by atoms with Crippen LogP contribution < -0.4 is 15.0 Å². The summed E-state index contributed by atoms with van der Waals surface area (Å²) >= 11 is 0. The van der Waals surface area contributed by atoms with Gasteiger partial charge in [-0.3, -0.25) is 4.98 Å². The molecule has 0 radical (unpaired) electrons. The Morgan fingerprint density at radius 1 is 1.03 bits per heavy atom. The van der Waals surface area contributed by atoms with Crippen LogP contribution >= 0.6 is 0 Å². The van der Waals surface area contributed by atoms with Crippen LogP contribution in [0.1, 0.15) is 37.2 Å². The molecule has 9 heteroatoms. The number of hydrogen-bond acceptors (Lipinski definition) is 9. The standard InChI is InChI=1S/C25H32N6O3/c1-17-28-19(16-32-2)13-24(29-17)30-18-3-5-21(6-4-18)34-23-15-20(31-9-11-33-12-10-31)14-22-25(23)27-8-7-26-22/h7-8,13-15,18,21H,3-6,9-12,16H2,1-2H3,(H,28,29,30)/t18-,21+. The lowest BCUT2D eigenvalue weighted by molar-refractivity contribution is 0.122. The van der Waals surface area contributed by atoms with Gasteiger partial charge in [-0.15, -0.1) is 0 Å². The lowest BCUT2D eigenvalue weighted by Crippen LogP contribution is -2.36. The van der Waals surface area contributed by atoms with E-state index in [4.69, 9.17) is 14.2 Å². The highest BCUT2D eigenvalue weighted by atomic mass is 16.5. The summed E-state index contributed by atoms with van der Waals surface area (Å²) < 4.78 is 17.3. The molecule has 1 saturated heterocycles. The molecule has 0 unspecified atom stereocenters. The van der Waals surface area contributed by atoms with Gasteiger partial charge in [-0.25, -0.2) is 15.0 Å². The predicted molar refractivity (Wildman–Crippen MR) is 130 cm³/mol. The largest absolute Gasteiger partial charge is 0.488 e. The monoisotopic (exact) mass is 464 g/mol. The molecule has 3 aromatic rings. The fourth-order valence-corrected chi connectivity index (χ4v) is 4.76. The summed E-state index contributed by atoms with van der Waals surface area (Å²) in [6.45, 7) is 5.62. The van der Waals surface area contributed by atoms with Crippen molar-refractivity contribution >= 4 is 22.5 Å². The zero-order chi connectivity index (χ0) is 23.3. The molecule has 1 N–H and O–H groups in total. The first-order chi connectivity index (χ1) is 16.7. The normalized spacial score (nSPS) is 20.9. The molecular weight excluding hydrogens is 432 g/mol. The van der Waals surface area contributed by atoms with Gasteiger partial charge in [0.1, 0.15) is 22.9 Å². The Labute approximate surface area is 199 Å². The zero-order valence-corrected chi connectivity index (χ0v) is 19.9. The number of nitrogens with zero attached hydrogens (tertiary/aromatic N) is 5. The van der Waals surface area contributed by atoms with Crippen molar-refractivity contribution in [3.05, 3.63) is 42.1 Å². The van der Waals surface area contributed by atoms with E-state index in [-0.39, 0.29) is 6.10 Å². The smallest absolute Gasteiger partial charge is 0.149 e. The molecule has 1 saturated carbocycles. The van der Waals surface area contributed by atoms with Gasteiger partial charge in [-0.05, 0) is 38.7 Å². The number of anilines is 2. The van der Waals surface area contributed by atoms with Crippen molar-refractivity contribution in [1.82, 2.24) is 19.9 Å². The van der Waals surface area contributed by atoms with E-state index in [1.807, 2.05) is 13.0 Å². The third-order valence-electron chi connectivity index (χ3n) is 6.40. The van der Waals surface area contributed by atoms with Gasteiger partial charge in [0.25, 0.3) is 0 Å². The number of rotatable bonds is 7. The van der Waals surface area contributed by atoms with Crippen LogP contribution in [0.25, 0.3) is 11.0 Å². The van der Waals surface area contributed by atoms with Gasteiger partial charge in [-0.1, -0.05) is 0 Å². The second-order valence-corrected chi connectivity index (χ2v) is 8.93. The van der Waals surface area contributed by atoms with E-state index in [2.05, 4.69) is 42.3 Å². The van der Waals surface area contributed by atoms with Gasteiger partial charge < -0.3 is 24.4 Å². The lowest BCUT2D eigenvalue weighted by Gasteiger charge is -2.31. The maximum Gasteiger partial charge on any atom is 0.149 e. The molecule has 34 heavy (non-hydrogen) atoms. The summed E-state index contributed by atoms with van der Waals surface area (Å²) in [6.07, 6.45) is 7.58. The van der Waals surface area contributed by atoms with Crippen LogP contribution in [0.2, 0.25) is 0 Å². The number of ether oxygens (including phenoxy) is 3. The van der Waals surface area contributed by atoms with Gasteiger partial charge in [-0.2, -0.15) is 0 Å². The van der Waals surface area contributed by atoms with E-state index in [1.54, 1.807) is 19.5 Å². The Bertz CT molecular complexity index is 1110. The fraction of sp³-hybridized carbons (Fsp3) is 0.520. The predicted octanol–water partition coefficient (Wildman–Crippen LogP) is 3.51. The molecule has 1 aliphatic heterocycles. The van der Waals surface area contributed by atoms with Crippen LogP contribution in [-0.4, -0.2) is 65.5 Å². The number of fused-ring (bicyclic) bond motifs is 1. The minimum absolute atomic E-state index is 0.152. The van der Waals surface area contributed by atoms with Crippen LogP contribution in [-0.2, 0) is 16.1 Å². The first-order valence-electron chi connectivity index (χ1n) is 12.0. The van der Waals surface area contributed by atoms with Gasteiger partial charge in [0, 0.05) is 56.5 Å². The van der Waals surface area contributed by atoms with Crippen molar-refractivity contribution in [2.45, 2.75) is 51.4 Å². The van der Waals surface area contributed by atoms with E-state index < -0.39 is 0 Å². The highest BCUT2D eigenvalue weighted by Crippen LogP contribution is 2.33. The molecule has 5 rings (SSSR count). The zero-order valence-electron chi connectivity index (χ0n) is 19.9. The summed E-state index contributed by atoms with van der Waals surface area (Å²) in [5.74, 6) is 2.43. The summed E-state index contributed by atoms with van der Waals surface area (Å²) in [6, 6.07) is 6.55. The first-order valence-corrected chi connectivity index (χ1v) is 12.0. The summed E-state index contributed by atoms with van der Waals surface area (Å²) in [4.78, 5) is 20.4. The van der Waals surface area contributed by atoms with Crippen molar-refractivity contribution < 1.29 is 14.2 Å². The fourth-order valence-electron chi connectivity index (χ4n) is 4.76. The van der Waals surface area contributed by atoms with E-state index in [0.29, 0.717) is 12.6 Å². The van der Waals surface area contributed by atoms with Gasteiger partial charge in [0.05, 0.1) is 37.1 Å². The Hall–Kier alpha value is -3.04. The van der Waals surface area contributed by atoms with Gasteiger partial charge in [0.2, 0.25) is 0 Å². The maximum absolute atomic E-state index is 6.54. The van der Waals surface area contributed by atoms with Gasteiger partial charge in [0.15, 0.2) is 0 Å². The number of nitrogens with one attached hydrogen (secondary N) is 1. The number of benzene rings is 1. The van der Waals surface area contributed by atoms with Crippen molar-refractivity contribution in [3.8, 4) is 5.75 Å². The quantitative estimate of drug-likeness (QED) is 0.563. The molecular formula is C25H32N6O3. The lowest BCUT2D eigenvalue weighted by atomic mass is 9.93. The van der Waals surface area contributed by atoms with Gasteiger partial charge >= 0.3 is 0 Å². The topological polar surface area (TPSA) is 94.5 Å². The number of methoxy groups -OCH3 is 1. The van der Waals surface area contributed by atoms with Crippen LogP contribution in [0.3, 0.4) is 0 Å². The van der Waals surface area contributed by atoms with E-state index >= 15 is 0 Å². The van der Waals surface area contributed by atoms with Crippen molar-refractivity contribution in [1.29, 1.82) is 0 Å². The van der Waals surface area contributed by atoms with Crippen LogP contribution in [0.5, 0.6) is 5.75 Å². The Morgan fingerprint density at radius 2 is 1.82 bits per heavy atom. The molecule has 9 nitrogen and oxygen atoms in total. The van der Waals surface area contributed by atoms with E-state index in [1.165, 1.54) is 0 Å².